The zero-order valence-corrected chi connectivity index (χ0v) is 8.01. The predicted octanol–water partition coefficient (Wildman–Crippen LogP) is 3.09. The molecule has 1 aromatic heterocycles. The summed E-state index contributed by atoms with van der Waals surface area (Å²) in [5.74, 6) is 1.72. The molecule has 1 rings (SSSR count). The lowest BCUT2D eigenvalue weighted by atomic mass is 10.0. The van der Waals surface area contributed by atoms with Crippen molar-refractivity contribution in [1.82, 2.24) is 9.97 Å². The predicted molar refractivity (Wildman–Crippen MR) is 51.1 cm³/mol. The molecule has 1 unspecified atom stereocenters. The minimum atomic E-state index is 0.589. The molecule has 0 saturated heterocycles. The Labute approximate surface area is 74.4 Å². The molecule has 0 fully saturated rings. The fourth-order valence-corrected chi connectivity index (χ4v) is 1.38. The molecule has 1 heterocycles. The van der Waals surface area contributed by atoms with Crippen molar-refractivity contribution >= 4 is 0 Å². The second-order valence-electron chi connectivity index (χ2n) is 3.37. The second kappa shape index (κ2) is 4.96. The van der Waals surface area contributed by atoms with Gasteiger partial charge in [0.15, 0.2) is 0 Å². The Morgan fingerprint density at radius 1 is 1.50 bits per heavy atom. The van der Waals surface area contributed by atoms with E-state index in [1.807, 2.05) is 12.4 Å². The Bertz CT molecular complexity index is 192. The van der Waals surface area contributed by atoms with Gasteiger partial charge in [0.2, 0.25) is 0 Å². The lowest BCUT2D eigenvalue weighted by Gasteiger charge is -2.06. The molecule has 0 radical (unpaired) electrons. The second-order valence-corrected chi connectivity index (χ2v) is 3.37. The highest BCUT2D eigenvalue weighted by atomic mass is 14.9. The van der Waals surface area contributed by atoms with E-state index >= 15 is 0 Å². The van der Waals surface area contributed by atoms with Gasteiger partial charge in [-0.25, -0.2) is 4.98 Å². The molecule has 0 saturated carbocycles. The number of unbranched alkanes of at least 4 members (excludes halogenated alkanes) is 2. The summed E-state index contributed by atoms with van der Waals surface area (Å²) in [5.41, 5.74) is 0. The van der Waals surface area contributed by atoms with E-state index in [9.17, 15) is 0 Å². The van der Waals surface area contributed by atoms with Crippen LogP contribution in [0.1, 0.15) is 51.3 Å². The zero-order valence-electron chi connectivity index (χ0n) is 8.01. The first-order chi connectivity index (χ1) is 5.84. The highest BCUT2D eigenvalue weighted by Crippen LogP contribution is 2.17. The van der Waals surface area contributed by atoms with Gasteiger partial charge in [0.25, 0.3) is 0 Å². The van der Waals surface area contributed by atoms with Crippen LogP contribution in [0.4, 0.5) is 0 Å². The van der Waals surface area contributed by atoms with Crippen LogP contribution in [0, 0.1) is 0 Å². The van der Waals surface area contributed by atoms with E-state index in [-0.39, 0.29) is 0 Å². The smallest absolute Gasteiger partial charge is 0.108 e. The van der Waals surface area contributed by atoms with Crippen LogP contribution in [0.5, 0.6) is 0 Å². The van der Waals surface area contributed by atoms with Crippen molar-refractivity contribution in [1.29, 1.82) is 0 Å². The molecule has 0 aliphatic rings. The van der Waals surface area contributed by atoms with Gasteiger partial charge in [-0.3, -0.25) is 0 Å². The maximum absolute atomic E-state index is 4.24. The maximum Gasteiger partial charge on any atom is 0.108 e. The lowest BCUT2D eigenvalue weighted by Crippen LogP contribution is -1.95. The number of hydrogen-bond acceptors (Lipinski definition) is 1. The van der Waals surface area contributed by atoms with Crippen molar-refractivity contribution in [3.63, 3.8) is 0 Å². The molecule has 2 nitrogen and oxygen atoms in total. The monoisotopic (exact) mass is 166 g/mol. The highest BCUT2D eigenvalue weighted by molar-refractivity contribution is 4.94. The molecular weight excluding hydrogens is 148 g/mol. The molecule has 1 atom stereocenters. The van der Waals surface area contributed by atoms with Gasteiger partial charge in [-0.1, -0.05) is 33.1 Å². The summed E-state index contributed by atoms with van der Waals surface area (Å²) in [6.07, 6.45) is 8.92. The van der Waals surface area contributed by atoms with Gasteiger partial charge in [0.1, 0.15) is 5.82 Å². The van der Waals surface area contributed by atoms with Gasteiger partial charge < -0.3 is 4.98 Å². The van der Waals surface area contributed by atoms with Gasteiger partial charge in [-0.15, -0.1) is 0 Å². The number of nitrogens with one attached hydrogen (secondary N) is 1. The van der Waals surface area contributed by atoms with Crippen LogP contribution in [0.2, 0.25) is 0 Å². The van der Waals surface area contributed by atoms with E-state index in [1.54, 1.807) is 0 Å². The standard InChI is InChI=1S/C10H18N2/c1-3-4-5-6-9(2)10-11-7-8-12-10/h7-9H,3-6H2,1-2H3,(H,11,12). The minimum absolute atomic E-state index is 0.589. The molecule has 12 heavy (non-hydrogen) atoms. The first-order valence-electron chi connectivity index (χ1n) is 4.84. The molecule has 0 aliphatic heterocycles. The van der Waals surface area contributed by atoms with Crippen molar-refractivity contribution in [2.75, 3.05) is 0 Å². The van der Waals surface area contributed by atoms with Crippen LogP contribution in [-0.2, 0) is 0 Å². The molecule has 1 N–H and O–H groups in total. The molecule has 68 valence electrons. The van der Waals surface area contributed by atoms with E-state index in [2.05, 4.69) is 23.8 Å². The van der Waals surface area contributed by atoms with Crippen molar-refractivity contribution < 1.29 is 0 Å². The summed E-state index contributed by atoms with van der Waals surface area (Å²) < 4.78 is 0. The van der Waals surface area contributed by atoms with Gasteiger partial charge in [-0.05, 0) is 6.42 Å². The van der Waals surface area contributed by atoms with E-state index in [0.29, 0.717) is 5.92 Å². The summed E-state index contributed by atoms with van der Waals surface area (Å²) in [5, 5.41) is 0. The minimum Gasteiger partial charge on any atom is -0.348 e. The van der Waals surface area contributed by atoms with Crippen LogP contribution in [0.3, 0.4) is 0 Å². The number of imidazole rings is 1. The Hall–Kier alpha value is -0.790. The van der Waals surface area contributed by atoms with Crippen molar-refractivity contribution in [3.8, 4) is 0 Å². The van der Waals surface area contributed by atoms with Crippen molar-refractivity contribution in [3.05, 3.63) is 18.2 Å². The molecule has 0 amide bonds. The Morgan fingerprint density at radius 2 is 2.33 bits per heavy atom. The molecule has 1 aromatic rings. The SMILES string of the molecule is CCCCCC(C)c1ncc[nH]1. The maximum atomic E-state index is 4.24. The van der Waals surface area contributed by atoms with Crippen LogP contribution in [-0.4, -0.2) is 9.97 Å². The van der Waals surface area contributed by atoms with Crippen LogP contribution >= 0.6 is 0 Å². The van der Waals surface area contributed by atoms with Crippen molar-refractivity contribution in [2.45, 2.75) is 45.4 Å². The molecular formula is C10H18N2. The average molecular weight is 166 g/mol. The van der Waals surface area contributed by atoms with E-state index in [4.69, 9.17) is 0 Å². The quantitative estimate of drug-likeness (QED) is 0.669. The van der Waals surface area contributed by atoms with Crippen molar-refractivity contribution in [2.24, 2.45) is 0 Å². The summed E-state index contributed by atoms with van der Waals surface area (Å²) in [6, 6.07) is 0. The Morgan fingerprint density at radius 3 is 2.92 bits per heavy atom. The number of aromatic nitrogens is 2. The summed E-state index contributed by atoms with van der Waals surface area (Å²) >= 11 is 0. The Balaban J connectivity index is 2.25. The van der Waals surface area contributed by atoms with Crippen LogP contribution in [0.15, 0.2) is 12.4 Å². The third kappa shape index (κ3) is 2.68. The van der Waals surface area contributed by atoms with Gasteiger partial charge in [0, 0.05) is 18.3 Å². The van der Waals surface area contributed by atoms with E-state index < -0.39 is 0 Å². The number of rotatable bonds is 5. The lowest BCUT2D eigenvalue weighted by molar-refractivity contribution is 0.579. The zero-order chi connectivity index (χ0) is 8.81. The summed E-state index contributed by atoms with van der Waals surface area (Å²) in [6.45, 7) is 4.46. The topological polar surface area (TPSA) is 28.7 Å². The number of aromatic amines is 1. The van der Waals surface area contributed by atoms with Gasteiger partial charge in [0.05, 0.1) is 0 Å². The molecule has 0 aliphatic carbocycles. The van der Waals surface area contributed by atoms with E-state index in [0.717, 1.165) is 5.82 Å². The molecule has 0 spiro atoms. The molecule has 2 heteroatoms. The third-order valence-electron chi connectivity index (χ3n) is 2.23. The number of hydrogen-bond donors (Lipinski definition) is 1. The largest absolute Gasteiger partial charge is 0.348 e. The fraction of sp³-hybridized carbons (Fsp3) is 0.700. The number of nitrogens with zero attached hydrogens (tertiary/aromatic N) is 1. The summed E-state index contributed by atoms with van der Waals surface area (Å²) in [7, 11) is 0. The Kier molecular flexibility index (Phi) is 3.85. The fourth-order valence-electron chi connectivity index (χ4n) is 1.38. The molecule has 0 aromatic carbocycles. The van der Waals surface area contributed by atoms with Gasteiger partial charge in [-0.2, -0.15) is 0 Å². The highest BCUT2D eigenvalue weighted by Gasteiger charge is 2.05. The van der Waals surface area contributed by atoms with E-state index in [1.165, 1.54) is 25.7 Å². The summed E-state index contributed by atoms with van der Waals surface area (Å²) in [4.78, 5) is 7.39. The molecule has 0 bridgehead atoms. The van der Waals surface area contributed by atoms with Crippen LogP contribution in [0.25, 0.3) is 0 Å². The third-order valence-corrected chi connectivity index (χ3v) is 2.23. The first-order valence-corrected chi connectivity index (χ1v) is 4.84. The first kappa shape index (κ1) is 9.30. The normalized spacial score (nSPS) is 13.2. The van der Waals surface area contributed by atoms with Crippen LogP contribution < -0.4 is 0 Å². The average Bonchev–Trinajstić information content (AvgIpc) is 2.56. The van der Waals surface area contributed by atoms with Gasteiger partial charge >= 0.3 is 0 Å². The number of H-pyrrole nitrogens is 1.